The predicted molar refractivity (Wildman–Crippen MR) is 114 cm³/mol. The van der Waals surface area contributed by atoms with Crippen molar-refractivity contribution in [3.63, 3.8) is 0 Å². The number of anilines is 3. The molecule has 5 nitrogen and oxygen atoms in total. The number of hydrogen-bond acceptors (Lipinski definition) is 3. The summed E-state index contributed by atoms with van der Waals surface area (Å²) >= 11 is 0. The molecule has 0 fully saturated rings. The van der Waals surface area contributed by atoms with Gasteiger partial charge in [-0.05, 0) is 67.6 Å². The van der Waals surface area contributed by atoms with Gasteiger partial charge in [-0.25, -0.2) is 0 Å². The summed E-state index contributed by atoms with van der Waals surface area (Å²) in [4.78, 5) is 26.7. The molecule has 5 heteroatoms. The quantitative estimate of drug-likeness (QED) is 0.689. The van der Waals surface area contributed by atoms with E-state index in [1.165, 1.54) is 0 Å². The van der Waals surface area contributed by atoms with E-state index in [9.17, 15) is 9.59 Å². The van der Waals surface area contributed by atoms with Gasteiger partial charge in [0.05, 0.1) is 0 Å². The average Bonchev–Trinajstić information content (AvgIpc) is 2.70. The van der Waals surface area contributed by atoms with Crippen LogP contribution in [0.4, 0.5) is 17.1 Å². The van der Waals surface area contributed by atoms with Crippen LogP contribution in [-0.4, -0.2) is 25.9 Å². The predicted octanol–water partition coefficient (Wildman–Crippen LogP) is 4.57. The minimum atomic E-state index is -0.219. The maximum absolute atomic E-state index is 12.4. The van der Waals surface area contributed by atoms with Crippen LogP contribution in [0, 0.1) is 6.92 Å². The molecule has 0 saturated carbocycles. The smallest absolute Gasteiger partial charge is 0.255 e. The minimum Gasteiger partial charge on any atom is -0.378 e. The van der Waals surface area contributed by atoms with Gasteiger partial charge in [-0.15, -0.1) is 0 Å². The van der Waals surface area contributed by atoms with Gasteiger partial charge in [0.25, 0.3) is 11.8 Å². The summed E-state index contributed by atoms with van der Waals surface area (Å²) in [5.74, 6) is -0.432. The number of rotatable bonds is 5. The Labute approximate surface area is 165 Å². The Morgan fingerprint density at radius 2 is 1.04 bits per heavy atom. The molecule has 3 aromatic carbocycles. The third-order valence-corrected chi connectivity index (χ3v) is 4.36. The zero-order valence-corrected chi connectivity index (χ0v) is 16.2. The van der Waals surface area contributed by atoms with Crippen LogP contribution in [0.3, 0.4) is 0 Å². The average molecular weight is 373 g/mol. The molecule has 0 saturated heterocycles. The van der Waals surface area contributed by atoms with Crippen LogP contribution < -0.4 is 15.5 Å². The van der Waals surface area contributed by atoms with Gasteiger partial charge in [0, 0.05) is 42.3 Å². The number of nitrogens with zero attached hydrogens (tertiary/aromatic N) is 1. The second-order valence-corrected chi connectivity index (χ2v) is 6.79. The molecule has 0 aliphatic carbocycles. The van der Waals surface area contributed by atoms with Crippen molar-refractivity contribution in [3.05, 3.63) is 89.5 Å². The molecule has 0 aliphatic rings. The van der Waals surface area contributed by atoms with Gasteiger partial charge in [-0.3, -0.25) is 9.59 Å². The molecule has 0 atom stereocenters. The Bertz CT molecular complexity index is 960. The second-order valence-electron chi connectivity index (χ2n) is 6.79. The lowest BCUT2D eigenvalue weighted by atomic mass is 10.1. The third kappa shape index (κ3) is 4.76. The first-order valence-corrected chi connectivity index (χ1v) is 8.99. The van der Waals surface area contributed by atoms with Crippen molar-refractivity contribution in [1.29, 1.82) is 0 Å². The summed E-state index contributed by atoms with van der Waals surface area (Å²) in [6.45, 7) is 1.99. The van der Waals surface area contributed by atoms with E-state index in [0.717, 1.165) is 22.6 Å². The molecule has 2 N–H and O–H groups in total. The van der Waals surface area contributed by atoms with Gasteiger partial charge in [-0.1, -0.05) is 17.7 Å². The Morgan fingerprint density at radius 3 is 1.43 bits per heavy atom. The van der Waals surface area contributed by atoms with Gasteiger partial charge in [-0.2, -0.15) is 0 Å². The first kappa shape index (κ1) is 19.2. The Morgan fingerprint density at radius 1 is 0.643 bits per heavy atom. The normalized spacial score (nSPS) is 10.2. The van der Waals surface area contributed by atoms with Crippen molar-refractivity contribution in [2.24, 2.45) is 0 Å². The standard InChI is InChI=1S/C23H23N3O2/c1-16-4-10-19(11-5-16)24-22(27)17-6-8-18(9-7-17)23(28)25-20-12-14-21(15-13-20)26(2)3/h4-15H,1-3H3,(H,24,27)(H,25,28). The Kier molecular flexibility index (Phi) is 5.75. The fourth-order valence-electron chi connectivity index (χ4n) is 2.66. The molecule has 0 aliphatic heterocycles. The highest BCUT2D eigenvalue weighted by Crippen LogP contribution is 2.17. The molecule has 0 heterocycles. The summed E-state index contributed by atoms with van der Waals surface area (Å²) in [5, 5.41) is 5.70. The fraction of sp³-hybridized carbons (Fsp3) is 0.130. The molecule has 2 amide bonds. The Hall–Kier alpha value is -3.60. The maximum Gasteiger partial charge on any atom is 0.255 e. The number of carbonyl (C=O) groups is 2. The summed E-state index contributed by atoms with van der Waals surface area (Å²) in [7, 11) is 3.92. The molecule has 0 radical (unpaired) electrons. The highest BCUT2D eigenvalue weighted by Gasteiger charge is 2.10. The topological polar surface area (TPSA) is 61.4 Å². The molecule has 0 spiro atoms. The fourth-order valence-corrected chi connectivity index (χ4v) is 2.66. The van der Waals surface area contributed by atoms with Crippen molar-refractivity contribution in [2.45, 2.75) is 6.92 Å². The van der Waals surface area contributed by atoms with Crippen molar-refractivity contribution >= 4 is 28.9 Å². The van der Waals surface area contributed by atoms with Crippen molar-refractivity contribution < 1.29 is 9.59 Å². The van der Waals surface area contributed by atoms with E-state index in [2.05, 4.69) is 10.6 Å². The lowest BCUT2D eigenvalue weighted by Gasteiger charge is -2.13. The third-order valence-electron chi connectivity index (χ3n) is 4.36. The highest BCUT2D eigenvalue weighted by atomic mass is 16.2. The molecular weight excluding hydrogens is 350 g/mol. The molecule has 3 aromatic rings. The van der Waals surface area contributed by atoms with Gasteiger partial charge >= 0.3 is 0 Å². The van der Waals surface area contributed by atoms with Gasteiger partial charge in [0.15, 0.2) is 0 Å². The molecule has 142 valence electrons. The van der Waals surface area contributed by atoms with E-state index in [-0.39, 0.29) is 11.8 Å². The lowest BCUT2D eigenvalue weighted by Crippen LogP contribution is -2.14. The first-order chi connectivity index (χ1) is 13.4. The second kappa shape index (κ2) is 8.39. The molecule has 3 rings (SSSR count). The number of hydrogen-bond donors (Lipinski definition) is 2. The van der Waals surface area contributed by atoms with E-state index in [4.69, 9.17) is 0 Å². The maximum atomic E-state index is 12.4. The van der Waals surface area contributed by atoms with E-state index in [1.54, 1.807) is 24.3 Å². The number of aryl methyl sites for hydroxylation is 1. The zero-order valence-electron chi connectivity index (χ0n) is 16.2. The van der Waals surface area contributed by atoms with Crippen LogP contribution in [0.5, 0.6) is 0 Å². The lowest BCUT2D eigenvalue weighted by molar-refractivity contribution is 0.101. The van der Waals surface area contributed by atoms with Gasteiger partial charge in [0.1, 0.15) is 0 Å². The summed E-state index contributed by atoms with van der Waals surface area (Å²) in [6, 6.07) is 21.8. The molecule has 0 bridgehead atoms. The SMILES string of the molecule is Cc1ccc(NC(=O)c2ccc(C(=O)Nc3ccc(N(C)C)cc3)cc2)cc1. The number of amides is 2. The van der Waals surface area contributed by atoms with E-state index in [1.807, 2.05) is 74.4 Å². The van der Waals surface area contributed by atoms with E-state index < -0.39 is 0 Å². The molecule has 28 heavy (non-hydrogen) atoms. The van der Waals surface area contributed by atoms with Crippen LogP contribution in [0.15, 0.2) is 72.8 Å². The van der Waals surface area contributed by atoms with Crippen LogP contribution in [-0.2, 0) is 0 Å². The van der Waals surface area contributed by atoms with Gasteiger partial charge in [0.2, 0.25) is 0 Å². The van der Waals surface area contributed by atoms with Crippen LogP contribution >= 0.6 is 0 Å². The van der Waals surface area contributed by atoms with Crippen LogP contribution in [0.2, 0.25) is 0 Å². The molecule has 0 unspecified atom stereocenters. The van der Waals surface area contributed by atoms with E-state index >= 15 is 0 Å². The first-order valence-electron chi connectivity index (χ1n) is 8.99. The highest BCUT2D eigenvalue weighted by molar-refractivity contribution is 6.07. The largest absolute Gasteiger partial charge is 0.378 e. The summed E-state index contributed by atoms with van der Waals surface area (Å²) in [6.07, 6.45) is 0. The number of carbonyl (C=O) groups excluding carboxylic acids is 2. The number of benzene rings is 3. The van der Waals surface area contributed by atoms with Crippen molar-refractivity contribution in [2.75, 3.05) is 29.6 Å². The van der Waals surface area contributed by atoms with E-state index in [0.29, 0.717) is 11.1 Å². The Balaban J connectivity index is 1.63. The summed E-state index contributed by atoms with van der Waals surface area (Å²) < 4.78 is 0. The van der Waals surface area contributed by atoms with Crippen LogP contribution in [0.25, 0.3) is 0 Å². The molecule has 0 aromatic heterocycles. The molecular formula is C23H23N3O2. The van der Waals surface area contributed by atoms with Gasteiger partial charge < -0.3 is 15.5 Å². The van der Waals surface area contributed by atoms with Crippen LogP contribution in [0.1, 0.15) is 26.3 Å². The summed E-state index contributed by atoms with van der Waals surface area (Å²) in [5.41, 5.74) is 4.62. The number of nitrogens with one attached hydrogen (secondary N) is 2. The monoisotopic (exact) mass is 373 g/mol. The zero-order chi connectivity index (χ0) is 20.1. The van der Waals surface area contributed by atoms with Crippen molar-refractivity contribution in [3.8, 4) is 0 Å². The van der Waals surface area contributed by atoms with Crippen molar-refractivity contribution in [1.82, 2.24) is 0 Å². The minimum absolute atomic E-state index is 0.213.